The fourth-order valence-electron chi connectivity index (χ4n) is 2.29. The molecule has 2 nitrogen and oxygen atoms in total. The minimum absolute atomic E-state index is 0.848. The fraction of sp³-hybridized carbons (Fsp3) is 0.125. The van der Waals surface area contributed by atoms with Crippen LogP contribution in [0.25, 0.3) is 22.1 Å². The van der Waals surface area contributed by atoms with E-state index in [0.717, 1.165) is 28.0 Å². The second kappa shape index (κ2) is 4.22. The Labute approximate surface area is 106 Å². The topological polar surface area (TPSA) is 22.4 Å². The van der Waals surface area contributed by atoms with Gasteiger partial charge in [-0.2, -0.15) is 0 Å². The first-order valence-electron chi connectivity index (χ1n) is 5.92. The number of furan rings is 1. The first kappa shape index (κ1) is 10.9. The van der Waals surface area contributed by atoms with Gasteiger partial charge in [0.25, 0.3) is 0 Å². The average Bonchev–Trinajstić information content (AvgIpc) is 2.74. The van der Waals surface area contributed by atoms with Crippen molar-refractivity contribution < 1.29 is 9.15 Å². The van der Waals surface area contributed by atoms with E-state index in [4.69, 9.17) is 9.15 Å². The maximum atomic E-state index is 5.80. The third-order valence-electron chi connectivity index (χ3n) is 3.13. The molecule has 0 bridgehead atoms. The zero-order valence-corrected chi connectivity index (χ0v) is 10.4. The summed E-state index contributed by atoms with van der Waals surface area (Å²) in [6.45, 7) is 1.99. The number of methoxy groups -OCH3 is 1. The standard InChI is InChI=1S/C16H14O2/c1-11-16(12-6-4-3-5-7-12)14-10-13(17-2)8-9-15(14)18-11/h3-10H,1-2H3. The van der Waals surface area contributed by atoms with Crippen LogP contribution in [0.1, 0.15) is 5.76 Å². The maximum Gasteiger partial charge on any atom is 0.135 e. The van der Waals surface area contributed by atoms with Crippen molar-refractivity contribution >= 4 is 11.0 Å². The Morgan fingerprint density at radius 1 is 1.00 bits per heavy atom. The zero-order chi connectivity index (χ0) is 12.5. The molecule has 0 spiro atoms. The molecule has 0 N–H and O–H groups in total. The van der Waals surface area contributed by atoms with Crippen molar-refractivity contribution in [2.24, 2.45) is 0 Å². The van der Waals surface area contributed by atoms with Gasteiger partial charge in [0.15, 0.2) is 0 Å². The van der Waals surface area contributed by atoms with Gasteiger partial charge in [-0.1, -0.05) is 30.3 Å². The minimum atomic E-state index is 0.848. The molecule has 90 valence electrons. The summed E-state index contributed by atoms with van der Waals surface area (Å²) in [4.78, 5) is 0. The Morgan fingerprint density at radius 3 is 2.50 bits per heavy atom. The normalized spacial score (nSPS) is 10.8. The van der Waals surface area contributed by atoms with E-state index in [0.29, 0.717) is 0 Å². The largest absolute Gasteiger partial charge is 0.497 e. The number of benzene rings is 2. The highest BCUT2D eigenvalue weighted by atomic mass is 16.5. The second-order valence-corrected chi connectivity index (χ2v) is 4.26. The predicted molar refractivity (Wildman–Crippen MR) is 72.9 cm³/mol. The van der Waals surface area contributed by atoms with Gasteiger partial charge in [-0.05, 0) is 30.7 Å². The second-order valence-electron chi connectivity index (χ2n) is 4.26. The summed E-state index contributed by atoms with van der Waals surface area (Å²) < 4.78 is 11.1. The van der Waals surface area contributed by atoms with Crippen LogP contribution in [0.15, 0.2) is 52.9 Å². The van der Waals surface area contributed by atoms with Gasteiger partial charge in [-0.3, -0.25) is 0 Å². The van der Waals surface area contributed by atoms with Crippen LogP contribution in [-0.2, 0) is 0 Å². The molecule has 0 aliphatic carbocycles. The molecule has 3 rings (SSSR count). The summed E-state index contributed by atoms with van der Waals surface area (Å²) in [5.41, 5.74) is 3.21. The summed E-state index contributed by atoms with van der Waals surface area (Å²) >= 11 is 0. The summed E-state index contributed by atoms with van der Waals surface area (Å²) in [6.07, 6.45) is 0. The van der Waals surface area contributed by atoms with E-state index in [2.05, 4.69) is 12.1 Å². The minimum Gasteiger partial charge on any atom is -0.497 e. The summed E-state index contributed by atoms with van der Waals surface area (Å²) in [5.74, 6) is 1.78. The molecule has 0 aliphatic rings. The van der Waals surface area contributed by atoms with Crippen molar-refractivity contribution in [3.05, 3.63) is 54.3 Å². The van der Waals surface area contributed by atoms with E-state index < -0.39 is 0 Å². The first-order chi connectivity index (χ1) is 8.79. The monoisotopic (exact) mass is 238 g/mol. The molecule has 18 heavy (non-hydrogen) atoms. The molecule has 0 saturated heterocycles. The van der Waals surface area contributed by atoms with E-state index in [1.165, 1.54) is 5.56 Å². The van der Waals surface area contributed by atoms with E-state index in [1.54, 1.807) is 7.11 Å². The predicted octanol–water partition coefficient (Wildman–Crippen LogP) is 4.42. The molecule has 0 amide bonds. The lowest BCUT2D eigenvalue weighted by molar-refractivity contribution is 0.415. The van der Waals surface area contributed by atoms with Crippen LogP contribution < -0.4 is 4.74 Å². The van der Waals surface area contributed by atoms with E-state index >= 15 is 0 Å². The molecule has 2 heteroatoms. The number of rotatable bonds is 2. The zero-order valence-electron chi connectivity index (χ0n) is 10.4. The van der Waals surface area contributed by atoms with Crippen molar-refractivity contribution in [1.82, 2.24) is 0 Å². The van der Waals surface area contributed by atoms with Crippen molar-refractivity contribution in [2.45, 2.75) is 6.92 Å². The first-order valence-corrected chi connectivity index (χ1v) is 5.92. The van der Waals surface area contributed by atoms with Crippen LogP contribution in [0.5, 0.6) is 5.75 Å². The van der Waals surface area contributed by atoms with Crippen LogP contribution in [0, 0.1) is 6.92 Å². The van der Waals surface area contributed by atoms with E-state index in [-0.39, 0.29) is 0 Å². The highest BCUT2D eigenvalue weighted by Gasteiger charge is 2.13. The molecule has 0 atom stereocenters. The fourth-order valence-corrected chi connectivity index (χ4v) is 2.29. The number of hydrogen-bond acceptors (Lipinski definition) is 2. The van der Waals surface area contributed by atoms with Crippen molar-refractivity contribution in [2.75, 3.05) is 7.11 Å². The number of fused-ring (bicyclic) bond motifs is 1. The molecule has 2 aromatic carbocycles. The Morgan fingerprint density at radius 2 is 1.78 bits per heavy atom. The van der Waals surface area contributed by atoms with Crippen molar-refractivity contribution in [3.8, 4) is 16.9 Å². The maximum absolute atomic E-state index is 5.80. The van der Waals surface area contributed by atoms with Crippen LogP contribution in [0.2, 0.25) is 0 Å². The molecule has 0 unspecified atom stereocenters. The highest BCUT2D eigenvalue weighted by molar-refractivity contribution is 5.96. The van der Waals surface area contributed by atoms with Gasteiger partial charge < -0.3 is 9.15 Å². The smallest absolute Gasteiger partial charge is 0.135 e. The Kier molecular flexibility index (Phi) is 2.56. The molecule has 0 aliphatic heterocycles. The van der Waals surface area contributed by atoms with Gasteiger partial charge in [0.2, 0.25) is 0 Å². The van der Waals surface area contributed by atoms with Gasteiger partial charge in [-0.15, -0.1) is 0 Å². The third-order valence-corrected chi connectivity index (χ3v) is 3.13. The number of ether oxygens (including phenoxy) is 1. The molecule has 3 aromatic rings. The van der Waals surface area contributed by atoms with Crippen LogP contribution in [-0.4, -0.2) is 7.11 Å². The van der Waals surface area contributed by atoms with Crippen LogP contribution in [0.3, 0.4) is 0 Å². The SMILES string of the molecule is COc1ccc2oc(C)c(-c3ccccc3)c2c1. The highest BCUT2D eigenvalue weighted by Crippen LogP contribution is 2.36. The van der Waals surface area contributed by atoms with Crippen LogP contribution >= 0.6 is 0 Å². The molecule has 1 heterocycles. The molecule has 0 fully saturated rings. The summed E-state index contributed by atoms with van der Waals surface area (Å²) in [5, 5.41) is 1.10. The number of hydrogen-bond donors (Lipinski definition) is 0. The van der Waals surface area contributed by atoms with Gasteiger partial charge in [0.1, 0.15) is 17.1 Å². The van der Waals surface area contributed by atoms with Crippen molar-refractivity contribution in [3.63, 3.8) is 0 Å². The number of aryl methyl sites for hydroxylation is 1. The van der Waals surface area contributed by atoms with Crippen LogP contribution in [0.4, 0.5) is 0 Å². The van der Waals surface area contributed by atoms with Crippen molar-refractivity contribution in [1.29, 1.82) is 0 Å². The quantitative estimate of drug-likeness (QED) is 0.659. The van der Waals surface area contributed by atoms with Gasteiger partial charge in [0, 0.05) is 10.9 Å². The van der Waals surface area contributed by atoms with Gasteiger partial charge >= 0.3 is 0 Å². The summed E-state index contributed by atoms with van der Waals surface area (Å²) in [6, 6.07) is 16.2. The Balaban J connectivity index is 2.30. The lowest BCUT2D eigenvalue weighted by atomic mass is 10.0. The molecular weight excluding hydrogens is 224 g/mol. The molecule has 1 aromatic heterocycles. The van der Waals surface area contributed by atoms with E-state index in [9.17, 15) is 0 Å². The Bertz CT molecular complexity index is 681. The van der Waals surface area contributed by atoms with Gasteiger partial charge in [0.05, 0.1) is 7.11 Å². The lowest BCUT2D eigenvalue weighted by Crippen LogP contribution is -1.82. The average molecular weight is 238 g/mol. The molecule has 0 radical (unpaired) electrons. The summed E-state index contributed by atoms with van der Waals surface area (Å²) in [7, 11) is 1.68. The van der Waals surface area contributed by atoms with Gasteiger partial charge in [-0.25, -0.2) is 0 Å². The molecule has 0 saturated carbocycles. The Hall–Kier alpha value is -2.22. The third kappa shape index (κ3) is 1.66. The molecular formula is C16H14O2. The lowest BCUT2D eigenvalue weighted by Gasteiger charge is -2.01. The van der Waals surface area contributed by atoms with E-state index in [1.807, 2.05) is 43.3 Å².